The van der Waals surface area contributed by atoms with Gasteiger partial charge in [-0.25, -0.2) is 0 Å². The Kier molecular flexibility index (Phi) is 14.5. The molecule has 2 aliphatic rings. The van der Waals surface area contributed by atoms with Gasteiger partial charge in [0.1, 0.15) is 0 Å². The smallest absolute Gasteiger partial charge is 0.198 e. The third-order valence-corrected chi connectivity index (χ3v) is 10.1. The zero-order valence-corrected chi connectivity index (χ0v) is 22.3. The Bertz CT molecular complexity index is 629. The van der Waals surface area contributed by atoms with Crippen LogP contribution >= 0.6 is 0 Å². The maximum Gasteiger partial charge on any atom is 0.291 e. The molecule has 0 unspecified atom stereocenters. The summed E-state index contributed by atoms with van der Waals surface area (Å²) in [6.07, 6.45) is 23.7. The first-order valence-corrected chi connectivity index (χ1v) is 16.7. The van der Waals surface area contributed by atoms with Crippen LogP contribution in [0.25, 0.3) is 0 Å². The number of nitrogens with one attached hydrogen (secondary N) is 3. The lowest BCUT2D eigenvalue weighted by Gasteiger charge is -2.22. The molecule has 0 heterocycles. The molecule has 0 aromatic carbocycles. The minimum Gasteiger partial charge on any atom is -0.198 e. The highest BCUT2D eigenvalue weighted by molar-refractivity contribution is 8.02. The third kappa shape index (κ3) is 14.7. The fourth-order valence-corrected chi connectivity index (χ4v) is 8.08. The Morgan fingerprint density at radius 1 is 0.364 bits per heavy atom. The Labute approximate surface area is 204 Å². The van der Waals surface area contributed by atoms with E-state index in [0.29, 0.717) is 0 Å². The largest absolute Gasteiger partial charge is 0.291 e. The summed E-state index contributed by atoms with van der Waals surface area (Å²) in [5.74, 6) is 0. The molecule has 0 amide bonds. The molecule has 2 fully saturated rings. The van der Waals surface area contributed by atoms with Gasteiger partial charge in [-0.1, -0.05) is 120 Å². The van der Waals surface area contributed by atoms with Crippen LogP contribution in [0.3, 0.4) is 0 Å². The average Bonchev–Trinajstić information content (AvgIpc) is 2.71. The average molecular weight is 508 g/mol. The van der Waals surface area contributed by atoms with Gasteiger partial charge >= 0.3 is 0 Å². The van der Waals surface area contributed by atoms with Gasteiger partial charge in [-0.3, -0.25) is 0 Å². The van der Waals surface area contributed by atoms with Gasteiger partial charge in [-0.2, -0.15) is 26.3 Å². The van der Waals surface area contributed by atoms with Crippen LogP contribution in [0.4, 0.5) is 0 Å². The zero-order chi connectivity index (χ0) is 23.8. The van der Waals surface area contributed by atoms with Crippen LogP contribution in [0.15, 0.2) is 0 Å². The van der Waals surface area contributed by atoms with Crippen LogP contribution in [0.2, 0.25) is 0 Å². The van der Waals surface area contributed by atoms with Gasteiger partial charge in [0.15, 0.2) is 0 Å². The van der Waals surface area contributed by atoms with Crippen LogP contribution in [0.5, 0.6) is 0 Å². The maximum absolute atomic E-state index is 12.7. The third-order valence-electron chi connectivity index (χ3n) is 7.07. The van der Waals surface area contributed by atoms with Crippen molar-refractivity contribution in [3.05, 3.63) is 0 Å². The second-order valence-electron chi connectivity index (χ2n) is 10.2. The standard InChI is InChI=1S/C24H49N3O4S2/c28-32(29,25-23-19-15-11-7-3-1-4-8-12-16-20-23)27-33(30,31)26-24-21-17-13-9-5-2-6-10-14-18-22-24/h23-27H,1-22H2. The van der Waals surface area contributed by atoms with Crippen molar-refractivity contribution in [1.82, 2.24) is 13.6 Å². The molecule has 7 nitrogen and oxygen atoms in total. The Morgan fingerprint density at radius 3 is 0.818 bits per heavy atom. The summed E-state index contributed by atoms with van der Waals surface area (Å²) in [5, 5.41) is 0. The van der Waals surface area contributed by atoms with E-state index in [9.17, 15) is 16.8 Å². The first-order chi connectivity index (χ1) is 15.9. The second-order valence-corrected chi connectivity index (χ2v) is 13.4. The molecule has 2 aliphatic carbocycles. The quantitative estimate of drug-likeness (QED) is 0.436. The number of rotatable bonds is 6. The van der Waals surface area contributed by atoms with E-state index in [1.807, 2.05) is 4.13 Å². The van der Waals surface area contributed by atoms with E-state index in [-0.39, 0.29) is 12.1 Å². The summed E-state index contributed by atoms with van der Waals surface area (Å²) in [6, 6.07) is -0.420. The van der Waals surface area contributed by atoms with E-state index in [0.717, 1.165) is 77.0 Å². The highest BCUT2D eigenvalue weighted by Gasteiger charge is 2.26. The first-order valence-electron chi connectivity index (χ1n) is 13.7. The van der Waals surface area contributed by atoms with Crippen molar-refractivity contribution < 1.29 is 16.8 Å². The van der Waals surface area contributed by atoms with Crippen LogP contribution < -0.4 is 13.6 Å². The second kappa shape index (κ2) is 16.5. The Morgan fingerprint density at radius 2 is 0.576 bits per heavy atom. The van der Waals surface area contributed by atoms with E-state index in [1.54, 1.807) is 0 Å². The van der Waals surface area contributed by atoms with E-state index >= 15 is 0 Å². The van der Waals surface area contributed by atoms with Gasteiger partial charge < -0.3 is 0 Å². The molecule has 3 N–H and O–H groups in total. The molecule has 2 saturated carbocycles. The predicted octanol–water partition coefficient (Wildman–Crippen LogP) is 5.59. The van der Waals surface area contributed by atoms with Gasteiger partial charge in [-0.15, -0.1) is 0 Å². The molecule has 0 saturated heterocycles. The molecule has 2 rings (SSSR count). The molecule has 9 heteroatoms. The van der Waals surface area contributed by atoms with Gasteiger partial charge in [-0.05, 0) is 25.7 Å². The van der Waals surface area contributed by atoms with E-state index < -0.39 is 20.4 Å². The summed E-state index contributed by atoms with van der Waals surface area (Å²) >= 11 is 0. The lowest BCUT2D eigenvalue weighted by Crippen LogP contribution is -2.50. The molecule has 33 heavy (non-hydrogen) atoms. The van der Waals surface area contributed by atoms with E-state index in [2.05, 4.69) is 9.44 Å². The fraction of sp³-hybridized carbons (Fsp3) is 1.00. The molecular formula is C24H49N3O4S2. The predicted molar refractivity (Wildman–Crippen MR) is 136 cm³/mol. The molecule has 0 radical (unpaired) electrons. The molecule has 0 atom stereocenters. The van der Waals surface area contributed by atoms with Gasteiger partial charge in [0, 0.05) is 12.1 Å². The van der Waals surface area contributed by atoms with Crippen molar-refractivity contribution in [2.75, 3.05) is 0 Å². The SMILES string of the molecule is O=S(=O)(NC1CCCCCCCCCCC1)NS(=O)(=O)NC1CCCCCCCCCCC1. The minimum atomic E-state index is -4.15. The monoisotopic (exact) mass is 507 g/mol. The summed E-state index contributed by atoms with van der Waals surface area (Å²) in [4.78, 5) is 0. The fourth-order valence-electron chi connectivity index (χ4n) is 5.19. The highest BCUT2D eigenvalue weighted by atomic mass is 32.3. The Balaban J connectivity index is 1.88. The summed E-state index contributed by atoms with van der Waals surface area (Å²) in [5.41, 5.74) is 0. The maximum atomic E-state index is 12.7. The van der Waals surface area contributed by atoms with Gasteiger partial charge in [0.25, 0.3) is 20.4 Å². The number of hydrogen-bond donors (Lipinski definition) is 3. The summed E-state index contributed by atoms with van der Waals surface area (Å²) in [7, 11) is -8.29. The zero-order valence-electron chi connectivity index (χ0n) is 20.7. The van der Waals surface area contributed by atoms with Crippen molar-refractivity contribution >= 4 is 20.4 Å². The lowest BCUT2D eigenvalue weighted by atomic mass is 9.98. The highest BCUT2D eigenvalue weighted by Crippen LogP contribution is 2.19. The Hall–Kier alpha value is -0.220. The van der Waals surface area contributed by atoms with Crippen LogP contribution in [-0.2, 0) is 20.4 Å². The van der Waals surface area contributed by atoms with E-state index in [4.69, 9.17) is 0 Å². The molecule has 0 aromatic rings. The molecular weight excluding hydrogens is 458 g/mol. The molecule has 196 valence electrons. The first kappa shape index (κ1) is 29.0. The van der Waals surface area contributed by atoms with Gasteiger partial charge in [0.05, 0.1) is 0 Å². The summed E-state index contributed by atoms with van der Waals surface area (Å²) < 4.78 is 58.0. The van der Waals surface area contributed by atoms with Crippen LogP contribution in [0, 0.1) is 0 Å². The van der Waals surface area contributed by atoms with Crippen molar-refractivity contribution in [3.8, 4) is 0 Å². The normalized spacial score (nSPS) is 23.5. The van der Waals surface area contributed by atoms with Crippen LogP contribution in [-0.4, -0.2) is 28.9 Å². The lowest BCUT2D eigenvalue weighted by molar-refractivity contribution is 0.435. The van der Waals surface area contributed by atoms with E-state index in [1.165, 1.54) is 64.2 Å². The van der Waals surface area contributed by atoms with Crippen LogP contribution in [0.1, 0.15) is 141 Å². The molecule has 0 spiro atoms. The number of hydrogen-bond acceptors (Lipinski definition) is 4. The van der Waals surface area contributed by atoms with Crippen molar-refractivity contribution in [2.45, 2.75) is 153 Å². The molecule has 0 bridgehead atoms. The van der Waals surface area contributed by atoms with Crippen molar-refractivity contribution in [2.24, 2.45) is 0 Å². The van der Waals surface area contributed by atoms with Gasteiger partial charge in [0.2, 0.25) is 0 Å². The topological polar surface area (TPSA) is 104 Å². The summed E-state index contributed by atoms with van der Waals surface area (Å²) in [6.45, 7) is 0. The van der Waals surface area contributed by atoms with Crippen molar-refractivity contribution in [3.63, 3.8) is 0 Å². The molecule has 0 aromatic heterocycles. The molecule has 0 aliphatic heterocycles. The van der Waals surface area contributed by atoms with Crippen molar-refractivity contribution in [1.29, 1.82) is 0 Å². The minimum absolute atomic E-state index is 0.210.